The quantitative estimate of drug-likeness (QED) is 0.704. The summed E-state index contributed by atoms with van der Waals surface area (Å²) in [7, 11) is 0. The molecule has 1 unspecified atom stereocenters. The van der Waals surface area contributed by atoms with E-state index in [-0.39, 0.29) is 25.4 Å². The molecule has 0 aromatic rings. The Bertz CT molecular complexity index is 315. The summed E-state index contributed by atoms with van der Waals surface area (Å²) in [5.41, 5.74) is 0.343. The topological polar surface area (TPSA) is 69.9 Å². The van der Waals surface area contributed by atoms with Crippen LogP contribution in [0.2, 0.25) is 0 Å². The van der Waals surface area contributed by atoms with E-state index in [9.17, 15) is 10.2 Å². The number of rotatable bonds is 6. The molecular formula is C18H34O4. The fourth-order valence-corrected chi connectivity index (χ4v) is 4.43. The van der Waals surface area contributed by atoms with Crippen molar-refractivity contribution in [1.82, 2.24) is 0 Å². The molecule has 0 bridgehead atoms. The van der Waals surface area contributed by atoms with Crippen LogP contribution in [-0.2, 0) is 4.74 Å². The predicted molar refractivity (Wildman–Crippen MR) is 86.5 cm³/mol. The first-order chi connectivity index (χ1) is 10.4. The van der Waals surface area contributed by atoms with Gasteiger partial charge in [-0.05, 0) is 68.6 Å². The van der Waals surface area contributed by atoms with Gasteiger partial charge in [0.15, 0.2) is 0 Å². The molecule has 0 heterocycles. The van der Waals surface area contributed by atoms with Crippen molar-refractivity contribution < 1.29 is 20.1 Å². The number of hydrogen-bond acceptors (Lipinski definition) is 4. The third kappa shape index (κ3) is 4.67. The number of ether oxygens (including phenoxy) is 1. The molecule has 22 heavy (non-hydrogen) atoms. The molecule has 2 aliphatic rings. The second-order valence-electron chi connectivity index (χ2n) is 7.97. The summed E-state index contributed by atoms with van der Waals surface area (Å²) in [5.74, 6) is 1.46. The maximum absolute atomic E-state index is 9.71. The van der Waals surface area contributed by atoms with E-state index in [1.54, 1.807) is 0 Å². The van der Waals surface area contributed by atoms with Crippen LogP contribution in [0, 0.1) is 17.3 Å². The standard InChI is InChI=1S/C18H34O4/c1-18(2,13-3-7-15(20)8-4-13)14-5-9-17(10-6-14)22-12-16(21)11-19/h13-17,19-21H,3-12H2,1-2H3. The van der Waals surface area contributed by atoms with E-state index in [0.29, 0.717) is 5.41 Å². The summed E-state index contributed by atoms with van der Waals surface area (Å²) in [6.07, 6.45) is 8.15. The molecular weight excluding hydrogens is 280 g/mol. The maximum Gasteiger partial charge on any atom is 0.100 e. The molecule has 0 aromatic heterocycles. The molecule has 2 saturated carbocycles. The lowest BCUT2D eigenvalue weighted by Gasteiger charge is -2.46. The van der Waals surface area contributed by atoms with Crippen LogP contribution in [-0.4, -0.2) is 46.8 Å². The molecule has 130 valence electrons. The van der Waals surface area contributed by atoms with Gasteiger partial charge in [0.05, 0.1) is 25.4 Å². The smallest absolute Gasteiger partial charge is 0.100 e. The van der Waals surface area contributed by atoms with Crippen molar-refractivity contribution >= 4 is 0 Å². The lowest BCUT2D eigenvalue weighted by Crippen LogP contribution is -2.39. The molecule has 1 atom stereocenters. The van der Waals surface area contributed by atoms with Crippen LogP contribution in [0.1, 0.15) is 65.2 Å². The van der Waals surface area contributed by atoms with E-state index in [1.165, 1.54) is 12.8 Å². The molecule has 3 N–H and O–H groups in total. The van der Waals surface area contributed by atoms with Gasteiger partial charge in [-0.2, -0.15) is 0 Å². The lowest BCUT2D eigenvalue weighted by molar-refractivity contribution is -0.0580. The second-order valence-corrected chi connectivity index (χ2v) is 7.97. The average Bonchev–Trinajstić information content (AvgIpc) is 2.53. The average molecular weight is 314 g/mol. The summed E-state index contributed by atoms with van der Waals surface area (Å²) in [6.45, 7) is 4.85. The van der Waals surface area contributed by atoms with Crippen molar-refractivity contribution in [3.05, 3.63) is 0 Å². The van der Waals surface area contributed by atoms with Crippen LogP contribution in [0.5, 0.6) is 0 Å². The Morgan fingerprint density at radius 2 is 1.45 bits per heavy atom. The highest BCUT2D eigenvalue weighted by molar-refractivity contribution is 4.90. The summed E-state index contributed by atoms with van der Waals surface area (Å²) in [5, 5.41) is 27.9. The molecule has 0 saturated heterocycles. The Kier molecular flexibility index (Phi) is 6.69. The first-order valence-electron chi connectivity index (χ1n) is 9.02. The predicted octanol–water partition coefficient (Wildman–Crippen LogP) is 2.49. The molecule has 2 rings (SSSR count). The molecule has 0 aliphatic heterocycles. The van der Waals surface area contributed by atoms with Crippen molar-refractivity contribution in [2.45, 2.75) is 83.5 Å². The monoisotopic (exact) mass is 314 g/mol. The lowest BCUT2D eigenvalue weighted by atomic mass is 9.60. The molecule has 0 radical (unpaired) electrons. The van der Waals surface area contributed by atoms with Crippen molar-refractivity contribution in [2.24, 2.45) is 17.3 Å². The summed E-state index contributed by atoms with van der Waals surface area (Å²) in [6, 6.07) is 0. The molecule has 0 aromatic carbocycles. The molecule has 0 amide bonds. The molecule has 4 nitrogen and oxygen atoms in total. The van der Waals surface area contributed by atoms with Crippen LogP contribution in [0.25, 0.3) is 0 Å². The normalized spacial score (nSPS) is 35.3. The molecule has 4 heteroatoms. The van der Waals surface area contributed by atoms with Gasteiger partial charge in [-0.25, -0.2) is 0 Å². The van der Waals surface area contributed by atoms with Gasteiger partial charge >= 0.3 is 0 Å². The molecule has 0 spiro atoms. The summed E-state index contributed by atoms with van der Waals surface area (Å²) >= 11 is 0. The van der Waals surface area contributed by atoms with Gasteiger partial charge in [0.1, 0.15) is 6.10 Å². The Morgan fingerprint density at radius 3 is 1.95 bits per heavy atom. The van der Waals surface area contributed by atoms with Crippen LogP contribution in [0.4, 0.5) is 0 Å². The number of aliphatic hydroxyl groups excluding tert-OH is 3. The Hall–Kier alpha value is -0.160. The largest absolute Gasteiger partial charge is 0.394 e. The SMILES string of the molecule is CC(C)(C1CCC(O)CC1)C1CCC(OCC(O)CO)CC1. The van der Waals surface area contributed by atoms with Gasteiger partial charge in [0.2, 0.25) is 0 Å². The van der Waals surface area contributed by atoms with Crippen molar-refractivity contribution in [3.8, 4) is 0 Å². The fourth-order valence-electron chi connectivity index (χ4n) is 4.43. The van der Waals surface area contributed by atoms with Gasteiger partial charge in [-0.3, -0.25) is 0 Å². The Morgan fingerprint density at radius 1 is 0.955 bits per heavy atom. The minimum atomic E-state index is -0.747. The van der Waals surface area contributed by atoms with E-state index < -0.39 is 6.10 Å². The van der Waals surface area contributed by atoms with Crippen LogP contribution >= 0.6 is 0 Å². The van der Waals surface area contributed by atoms with Gasteiger partial charge in [-0.1, -0.05) is 13.8 Å². The number of hydrogen-bond donors (Lipinski definition) is 3. The van der Waals surface area contributed by atoms with E-state index in [0.717, 1.165) is 50.4 Å². The Labute approximate surface area is 134 Å². The first-order valence-corrected chi connectivity index (χ1v) is 9.02. The van der Waals surface area contributed by atoms with Gasteiger partial charge in [-0.15, -0.1) is 0 Å². The zero-order chi connectivity index (χ0) is 16.2. The highest BCUT2D eigenvalue weighted by atomic mass is 16.5. The van der Waals surface area contributed by atoms with E-state index in [2.05, 4.69) is 13.8 Å². The minimum absolute atomic E-state index is 0.0749. The molecule has 2 aliphatic carbocycles. The zero-order valence-corrected chi connectivity index (χ0v) is 14.2. The highest BCUT2D eigenvalue weighted by Gasteiger charge is 2.40. The van der Waals surface area contributed by atoms with Crippen LogP contribution < -0.4 is 0 Å². The zero-order valence-electron chi connectivity index (χ0n) is 14.2. The van der Waals surface area contributed by atoms with Crippen LogP contribution in [0.3, 0.4) is 0 Å². The van der Waals surface area contributed by atoms with Crippen molar-refractivity contribution in [3.63, 3.8) is 0 Å². The van der Waals surface area contributed by atoms with Gasteiger partial charge in [0.25, 0.3) is 0 Å². The molecule has 2 fully saturated rings. The third-order valence-electron chi connectivity index (χ3n) is 6.21. The van der Waals surface area contributed by atoms with Crippen molar-refractivity contribution in [1.29, 1.82) is 0 Å². The maximum atomic E-state index is 9.71. The van der Waals surface area contributed by atoms with E-state index in [4.69, 9.17) is 9.84 Å². The van der Waals surface area contributed by atoms with E-state index >= 15 is 0 Å². The van der Waals surface area contributed by atoms with Gasteiger partial charge < -0.3 is 20.1 Å². The van der Waals surface area contributed by atoms with Gasteiger partial charge in [0, 0.05) is 0 Å². The third-order valence-corrected chi connectivity index (χ3v) is 6.21. The van der Waals surface area contributed by atoms with Crippen molar-refractivity contribution in [2.75, 3.05) is 13.2 Å². The summed E-state index contributed by atoms with van der Waals surface area (Å²) in [4.78, 5) is 0. The fraction of sp³-hybridized carbons (Fsp3) is 1.00. The first kappa shape index (κ1) is 18.2. The Balaban J connectivity index is 1.77. The summed E-state index contributed by atoms with van der Waals surface area (Å²) < 4.78 is 5.71. The van der Waals surface area contributed by atoms with E-state index in [1.807, 2.05) is 0 Å². The van der Waals surface area contributed by atoms with Crippen LogP contribution in [0.15, 0.2) is 0 Å². The number of aliphatic hydroxyl groups is 3. The highest BCUT2D eigenvalue weighted by Crippen LogP contribution is 2.48. The second kappa shape index (κ2) is 8.09. The minimum Gasteiger partial charge on any atom is -0.394 e.